The first kappa shape index (κ1) is 7.85. The summed E-state index contributed by atoms with van der Waals surface area (Å²) in [4.78, 5) is 10.5. The molecule has 1 aromatic heterocycles. The van der Waals surface area contributed by atoms with Crippen molar-refractivity contribution in [2.45, 2.75) is 0 Å². The molecule has 1 aromatic carbocycles. The Morgan fingerprint density at radius 3 is 3.00 bits per heavy atom. The Balaban J connectivity index is 2.95. The lowest BCUT2D eigenvalue weighted by molar-refractivity contribution is 0.112. The molecule has 0 unspecified atom stereocenters. The van der Waals surface area contributed by atoms with Gasteiger partial charge in [0.25, 0.3) is 0 Å². The minimum absolute atomic E-state index is 0.254. The highest BCUT2D eigenvalue weighted by Crippen LogP contribution is 2.17. The molecule has 2 rings (SSSR count). The van der Waals surface area contributed by atoms with Crippen LogP contribution in [0, 0.1) is 5.82 Å². The van der Waals surface area contributed by atoms with Crippen molar-refractivity contribution < 1.29 is 9.18 Å². The van der Waals surface area contributed by atoms with E-state index in [9.17, 15) is 9.18 Å². The molecule has 0 aliphatic heterocycles. The van der Waals surface area contributed by atoms with E-state index < -0.39 is 5.82 Å². The van der Waals surface area contributed by atoms with E-state index >= 15 is 0 Å². The third-order valence-corrected chi connectivity index (χ3v) is 1.86. The van der Waals surface area contributed by atoms with E-state index in [2.05, 4.69) is 10.3 Å². The lowest BCUT2D eigenvalue weighted by Gasteiger charge is -1.95. The molecule has 0 saturated carbocycles. The van der Waals surface area contributed by atoms with Gasteiger partial charge in [0.05, 0.1) is 0 Å². The van der Waals surface area contributed by atoms with E-state index in [-0.39, 0.29) is 5.52 Å². The molecule has 0 bridgehead atoms. The summed E-state index contributed by atoms with van der Waals surface area (Å²) in [6.07, 6.45) is 0.635. The molecule has 0 fully saturated rings. The zero-order chi connectivity index (χ0) is 9.42. The molecular formula is C8H6FN3O. The smallest absolute Gasteiger partial charge is 0.152 e. The predicted octanol–water partition coefficient (Wildman–Crippen LogP) is 0.920. The van der Waals surface area contributed by atoms with Gasteiger partial charge in [-0.25, -0.2) is 9.07 Å². The van der Waals surface area contributed by atoms with Gasteiger partial charge < -0.3 is 0 Å². The van der Waals surface area contributed by atoms with Crippen molar-refractivity contribution in [2.24, 2.45) is 7.05 Å². The number of benzene rings is 1. The number of hydrogen-bond acceptors (Lipinski definition) is 3. The fourth-order valence-corrected chi connectivity index (χ4v) is 1.24. The highest BCUT2D eigenvalue weighted by Gasteiger charge is 2.10. The monoisotopic (exact) mass is 179 g/mol. The van der Waals surface area contributed by atoms with Crippen LogP contribution < -0.4 is 0 Å². The maximum Gasteiger partial charge on any atom is 0.152 e. The normalized spacial score (nSPS) is 10.6. The van der Waals surface area contributed by atoms with Crippen molar-refractivity contribution in [3.63, 3.8) is 0 Å². The van der Waals surface area contributed by atoms with E-state index in [0.29, 0.717) is 17.4 Å². The molecule has 2 aromatic rings. The van der Waals surface area contributed by atoms with Crippen molar-refractivity contribution in [2.75, 3.05) is 0 Å². The van der Waals surface area contributed by atoms with Crippen LogP contribution in [0.3, 0.4) is 0 Å². The number of carbonyl (C=O) groups is 1. The van der Waals surface area contributed by atoms with Crippen molar-refractivity contribution in [3.05, 3.63) is 23.5 Å². The molecule has 1 heterocycles. The first-order chi connectivity index (χ1) is 6.24. The summed E-state index contributed by atoms with van der Waals surface area (Å²) < 4.78 is 14.5. The summed E-state index contributed by atoms with van der Waals surface area (Å²) in [5, 5.41) is 7.32. The summed E-state index contributed by atoms with van der Waals surface area (Å²) >= 11 is 0. The Morgan fingerprint density at radius 1 is 1.54 bits per heavy atom. The average Bonchev–Trinajstić information content (AvgIpc) is 2.50. The van der Waals surface area contributed by atoms with Gasteiger partial charge in [0.2, 0.25) is 0 Å². The molecule has 0 amide bonds. The van der Waals surface area contributed by atoms with Gasteiger partial charge >= 0.3 is 0 Å². The van der Waals surface area contributed by atoms with Gasteiger partial charge in [-0.2, -0.15) is 0 Å². The van der Waals surface area contributed by atoms with Crippen LogP contribution >= 0.6 is 0 Å². The summed E-state index contributed by atoms with van der Waals surface area (Å²) in [5.74, 6) is -0.423. The van der Waals surface area contributed by atoms with Crippen LogP contribution in [0.5, 0.6) is 0 Å². The Labute approximate surface area is 73.0 Å². The Bertz CT molecular complexity index is 477. The van der Waals surface area contributed by atoms with E-state index in [1.165, 1.54) is 16.8 Å². The van der Waals surface area contributed by atoms with Gasteiger partial charge in [-0.05, 0) is 12.1 Å². The summed E-state index contributed by atoms with van der Waals surface area (Å²) in [5.41, 5.74) is 0.909. The van der Waals surface area contributed by atoms with E-state index in [1.54, 1.807) is 7.05 Å². The van der Waals surface area contributed by atoms with Crippen LogP contribution in [0.4, 0.5) is 4.39 Å². The number of aldehydes is 1. The van der Waals surface area contributed by atoms with Crippen LogP contribution in [0.1, 0.15) is 10.4 Å². The highest BCUT2D eigenvalue weighted by atomic mass is 19.1. The van der Waals surface area contributed by atoms with Crippen LogP contribution in [0.2, 0.25) is 0 Å². The largest absolute Gasteiger partial charge is 0.298 e. The molecule has 0 spiro atoms. The first-order valence-corrected chi connectivity index (χ1v) is 3.67. The summed E-state index contributed by atoms with van der Waals surface area (Å²) in [6.45, 7) is 0. The zero-order valence-electron chi connectivity index (χ0n) is 6.86. The van der Waals surface area contributed by atoms with Gasteiger partial charge in [-0.15, -0.1) is 5.10 Å². The zero-order valence-corrected chi connectivity index (χ0v) is 6.86. The van der Waals surface area contributed by atoms with Gasteiger partial charge in [0.1, 0.15) is 11.0 Å². The molecule has 0 atom stereocenters. The topological polar surface area (TPSA) is 47.8 Å². The Kier molecular flexibility index (Phi) is 1.58. The highest BCUT2D eigenvalue weighted by molar-refractivity contribution is 5.94. The van der Waals surface area contributed by atoms with Crippen LogP contribution in [-0.4, -0.2) is 21.3 Å². The molecule has 5 heteroatoms. The summed E-state index contributed by atoms with van der Waals surface area (Å²) in [7, 11) is 1.58. The molecule has 0 saturated heterocycles. The molecule has 13 heavy (non-hydrogen) atoms. The quantitative estimate of drug-likeness (QED) is 0.611. The van der Waals surface area contributed by atoms with Crippen molar-refractivity contribution in [1.82, 2.24) is 15.0 Å². The second kappa shape index (κ2) is 2.62. The van der Waals surface area contributed by atoms with Crippen LogP contribution in [-0.2, 0) is 7.05 Å². The number of carbonyl (C=O) groups excluding carboxylic acids is 1. The molecule has 4 nitrogen and oxygen atoms in total. The maximum absolute atomic E-state index is 13.2. The number of halogens is 1. The van der Waals surface area contributed by atoms with Crippen molar-refractivity contribution >= 4 is 17.3 Å². The lowest BCUT2D eigenvalue weighted by atomic mass is 10.2. The van der Waals surface area contributed by atoms with Gasteiger partial charge in [-0.1, -0.05) is 5.21 Å². The number of hydrogen-bond donors (Lipinski definition) is 0. The molecule has 0 radical (unpaired) electrons. The number of fused-ring (bicyclic) bond motifs is 1. The minimum Gasteiger partial charge on any atom is -0.298 e. The molecule has 0 aliphatic rings. The molecular weight excluding hydrogens is 173 g/mol. The SMILES string of the molecule is Cn1nnc2c(C=O)ccc(F)c21. The van der Waals surface area contributed by atoms with E-state index in [1.807, 2.05) is 0 Å². The van der Waals surface area contributed by atoms with Crippen molar-refractivity contribution in [3.8, 4) is 0 Å². The number of rotatable bonds is 1. The van der Waals surface area contributed by atoms with Crippen molar-refractivity contribution in [1.29, 1.82) is 0 Å². The minimum atomic E-state index is -0.423. The Hall–Kier alpha value is -1.78. The third-order valence-electron chi connectivity index (χ3n) is 1.86. The average molecular weight is 179 g/mol. The fraction of sp³-hybridized carbons (Fsp3) is 0.125. The van der Waals surface area contributed by atoms with Gasteiger partial charge in [0, 0.05) is 12.6 Å². The van der Waals surface area contributed by atoms with Crippen LogP contribution in [0.25, 0.3) is 11.0 Å². The standard InChI is InChI=1S/C8H6FN3O/c1-12-8-6(9)3-2-5(4-13)7(8)10-11-12/h2-4H,1H3. The number of nitrogens with zero attached hydrogens (tertiary/aromatic N) is 3. The fourth-order valence-electron chi connectivity index (χ4n) is 1.24. The van der Waals surface area contributed by atoms with Gasteiger partial charge in [-0.3, -0.25) is 4.79 Å². The van der Waals surface area contributed by atoms with E-state index in [0.717, 1.165) is 0 Å². The Morgan fingerprint density at radius 2 is 2.31 bits per heavy atom. The molecule has 0 aliphatic carbocycles. The second-order valence-corrected chi connectivity index (χ2v) is 2.66. The number of aryl methyl sites for hydroxylation is 1. The second-order valence-electron chi connectivity index (χ2n) is 2.66. The maximum atomic E-state index is 13.2. The number of aromatic nitrogens is 3. The lowest BCUT2D eigenvalue weighted by Crippen LogP contribution is -1.93. The third kappa shape index (κ3) is 1.00. The van der Waals surface area contributed by atoms with E-state index in [4.69, 9.17) is 0 Å². The van der Waals surface area contributed by atoms with Gasteiger partial charge in [0.15, 0.2) is 12.1 Å². The molecule has 66 valence electrons. The first-order valence-electron chi connectivity index (χ1n) is 3.67. The molecule has 0 N–H and O–H groups in total. The summed E-state index contributed by atoms with van der Waals surface area (Å²) in [6, 6.07) is 2.62. The predicted molar refractivity (Wildman–Crippen MR) is 43.9 cm³/mol. The van der Waals surface area contributed by atoms with Crippen LogP contribution in [0.15, 0.2) is 12.1 Å².